The van der Waals surface area contributed by atoms with Crippen LogP contribution in [0.2, 0.25) is 0 Å². The van der Waals surface area contributed by atoms with Crippen LogP contribution in [0.1, 0.15) is 49.9 Å². The van der Waals surface area contributed by atoms with Crippen molar-refractivity contribution in [1.29, 1.82) is 5.26 Å². The molecule has 1 aromatic rings. The molecule has 0 N–H and O–H groups in total. The highest BCUT2D eigenvalue weighted by atomic mass is 14.7. The summed E-state index contributed by atoms with van der Waals surface area (Å²) >= 11 is 0. The standard InChI is InChI=1S/C13H18N2/c1-4-12-8-11(6-5-7-14)13(9-15-12)10(2)3/h8-10H,4-6H2,1-3H3. The van der Waals surface area contributed by atoms with E-state index in [1.165, 1.54) is 11.1 Å². The van der Waals surface area contributed by atoms with Gasteiger partial charge in [-0.2, -0.15) is 5.26 Å². The van der Waals surface area contributed by atoms with Gasteiger partial charge < -0.3 is 0 Å². The van der Waals surface area contributed by atoms with Gasteiger partial charge in [0.2, 0.25) is 0 Å². The molecule has 0 aromatic carbocycles. The lowest BCUT2D eigenvalue weighted by atomic mass is 9.96. The lowest BCUT2D eigenvalue weighted by Crippen LogP contribution is -2.00. The van der Waals surface area contributed by atoms with Crippen LogP contribution >= 0.6 is 0 Å². The molecule has 0 spiro atoms. The first-order chi connectivity index (χ1) is 7.19. The number of aromatic nitrogens is 1. The monoisotopic (exact) mass is 202 g/mol. The van der Waals surface area contributed by atoms with Crippen LogP contribution in [-0.4, -0.2) is 4.98 Å². The maximum Gasteiger partial charge on any atom is 0.0625 e. The molecule has 80 valence electrons. The minimum absolute atomic E-state index is 0.483. The second-order valence-corrected chi connectivity index (χ2v) is 4.04. The van der Waals surface area contributed by atoms with Crippen molar-refractivity contribution in [2.24, 2.45) is 0 Å². The first-order valence-electron chi connectivity index (χ1n) is 5.53. The van der Waals surface area contributed by atoms with Crippen LogP contribution in [0.3, 0.4) is 0 Å². The molecule has 1 heterocycles. The third-order valence-electron chi connectivity index (χ3n) is 2.57. The largest absolute Gasteiger partial charge is 0.261 e. The Kier molecular flexibility index (Phi) is 4.30. The smallest absolute Gasteiger partial charge is 0.0625 e. The highest BCUT2D eigenvalue weighted by Crippen LogP contribution is 2.20. The van der Waals surface area contributed by atoms with Crippen molar-refractivity contribution < 1.29 is 0 Å². The molecule has 0 bridgehead atoms. The number of pyridine rings is 1. The Morgan fingerprint density at radius 2 is 2.20 bits per heavy atom. The fourth-order valence-corrected chi connectivity index (χ4v) is 1.68. The molecule has 0 aliphatic rings. The summed E-state index contributed by atoms with van der Waals surface area (Å²) in [4.78, 5) is 4.40. The second kappa shape index (κ2) is 5.50. The summed E-state index contributed by atoms with van der Waals surface area (Å²) in [5, 5.41) is 8.62. The van der Waals surface area contributed by atoms with Gasteiger partial charge in [-0.05, 0) is 36.0 Å². The first kappa shape index (κ1) is 11.7. The van der Waals surface area contributed by atoms with Gasteiger partial charge in [0.25, 0.3) is 0 Å². The predicted molar refractivity (Wildman–Crippen MR) is 61.6 cm³/mol. The quantitative estimate of drug-likeness (QED) is 0.751. The summed E-state index contributed by atoms with van der Waals surface area (Å²) in [6, 6.07) is 4.34. The molecule has 15 heavy (non-hydrogen) atoms. The summed E-state index contributed by atoms with van der Waals surface area (Å²) in [6.07, 6.45) is 4.36. The Balaban J connectivity index is 3.00. The van der Waals surface area contributed by atoms with Gasteiger partial charge in [0, 0.05) is 18.3 Å². The van der Waals surface area contributed by atoms with Crippen molar-refractivity contribution in [3.05, 3.63) is 29.1 Å². The van der Waals surface area contributed by atoms with E-state index in [9.17, 15) is 0 Å². The average molecular weight is 202 g/mol. The van der Waals surface area contributed by atoms with Crippen molar-refractivity contribution >= 4 is 0 Å². The number of nitrogens with zero attached hydrogens (tertiary/aromatic N) is 2. The number of hydrogen-bond acceptors (Lipinski definition) is 2. The molecule has 0 amide bonds. The zero-order chi connectivity index (χ0) is 11.3. The Bertz CT molecular complexity index is 361. The summed E-state index contributed by atoms with van der Waals surface area (Å²) in [5.41, 5.74) is 3.69. The molecule has 0 fully saturated rings. The van der Waals surface area contributed by atoms with Crippen LogP contribution < -0.4 is 0 Å². The molecule has 2 nitrogen and oxygen atoms in total. The lowest BCUT2D eigenvalue weighted by molar-refractivity contribution is 0.817. The number of aryl methyl sites for hydroxylation is 2. The van der Waals surface area contributed by atoms with E-state index in [1.807, 2.05) is 6.20 Å². The molecule has 0 saturated heterocycles. The molecule has 0 aliphatic heterocycles. The van der Waals surface area contributed by atoms with Crippen LogP contribution in [0.25, 0.3) is 0 Å². The minimum Gasteiger partial charge on any atom is -0.261 e. The van der Waals surface area contributed by atoms with Crippen molar-refractivity contribution in [3.63, 3.8) is 0 Å². The van der Waals surface area contributed by atoms with E-state index in [4.69, 9.17) is 5.26 Å². The van der Waals surface area contributed by atoms with Gasteiger partial charge in [0.15, 0.2) is 0 Å². The van der Waals surface area contributed by atoms with E-state index in [0.717, 1.165) is 18.5 Å². The predicted octanol–water partition coefficient (Wildman–Crippen LogP) is 3.22. The maximum atomic E-state index is 8.62. The lowest BCUT2D eigenvalue weighted by Gasteiger charge is -2.12. The maximum absolute atomic E-state index is 8.62. The van der Waals surface area contributed by atoms with E-state index >= 15 is 0 Å². The number of hydrogen-bond donors (Lipinski definition) is 0. The fourth-order valence-electron chi connectivity index (χ4n) is 1.68. The first-order valence-corrected chi connectivity index (χ1v) is 5.53. The molecular weight excluding hydrogens is 184 g/mol. The zero-order valence-electron chi connectivity index (χ0n) is 9.75. The van der Waals surface area contributed by atoms with Crippen LogP contribution in [0.5, 0.6) is 0 Å². The van der Waals surface area contributed by atoms with E-state index in [-0.39, 0.29) is 0 Å². The average Bonchev–Trinajstić information content (AvgIpc) is 2.25. The van der Waals surface area contributed by atoms with E-state index in [1.54, 1.807) is 0 Å². The number of rotatable bonds is 4. The van der Waals surface area contributed by atoms with Gasteiger partial charge in [0.05, 0.1) is 6.07 Å². The molecule has 1 aromatic heterocycles. The summed E-state index contributed by atoms with van der Waals surface area (Å²) in [5.74, 6) is 0.483. The Labute approximate surface area is 92.0 Å². The summed E-state index contributed by atoms with van der Waals surface area (Å²) < 4.78 is 0. The van der Waals surface area contributed by atoms with Crippen LogP contribution in [0, 0.1) is 11.3 Å². The normalized spacial score (nSPS) is 10.3. The van der Waals surface area contributed by atoms with Gasteiger partial charge in [-0.3, -0.25) is 4.98 Å². The summed E-state index contributed by atoms with van der Waals surface area (Å²) in [6.45, 7) is 6.43. The van der Waals surface area contributed by atoms with Gasteiger partial charge in [-0.15, -0.1) is 0 Å². The van der Waals surface area contributed by atoms with Gasteiger partial charge in [0.1, 0.15) is 0 Å². The molecule has 2 heteroatoms. The Morgan fingerprint density at radius 1 is 1.47 bits per heavy atom. The van der Waals surface area contributed by atoms with Crippen molar-refractivity contribution in [3.8, 4) is 6.07 Å². The molecule has 0 unspecified atom stereocenters. The molecule has 0 aliphatic carbocycles. The Morgan fingerprint density at radius 3 is 2.73 bits per heavy atom. The topological polar surface area (TPSA) is 36.7 Å². The fraction of sp³-hybridized carbons (Fsp3) is 0.538. The van der Waals surface area contributed by atoms with Crippen LogP contribution in [0.4, 0.5) is 0 Å². The number of nitriles is 1. The zero-order valence-corrected chi connectivity index (χ0v) is 9.75. The minimum atomic E-state index is 0.483. The van der Waals surface area contributed by atoms with Crippen LogP contribution in [0.15, 0.2) is 12.3 Å². The SMILES string of the molecule is CCc1cc(CCC#N)c(C(C)C)cn1. The highest BCUT2D eigenvalue weighted by Gasteiger charge is 2.07. The molecular formula is C13H18N2. The molecule has 0 radical (unpaired) electrons. The third kappa shape index (κ3) is 3.06. The second-order valence-electron chi connectivity index (χ2n) is 4.04. The van der Waals surface area contributed by atoms with Crippen molar-refractivity contribution in [1.82, 2.24) is 4.98 Å². The molecule has 1 rings (SSSR count). The molecule has 0 atom stereocenters. The van der Waals surface area contributed by atoms with E-state index in [2.05, 4.69) is 37.9 Å². The van der Waals surface area contributed by atoms with Gasteiger partial charge >= 0.3 is 0 Å². The van der Waals surface area contributed by atoms with E-state index in [0.29, 0.717) is 12.3 Å². The summed E-state index contributed by atoms with van der Waals surface area (Å²) in [7, 11) is 0. The highest BCUT2D eigenvalue weighted by molar-refractivity contribution is 5.29. The van der Waals surface area contributed by atoms with E-state index < -0.39 is 0 Å². The van der Waals surface area contributed by atoms with Crippen molar-refractivity contribution in [2.45, 2.75) is 46.0 Å². The van der Waals surface area contributed by atoms with Crippen LogP contribution in [-0.2, 0) is 12.8 Å². The third-order valence-corrected chi connectivity index (χ3v) is 2.57. The van der Waals surface area contributed by atoms with Crippen molar-refractivity contribution in [2.75, 3.05) is 0 Å². The molecule has 0 saturated carbocycles. The van der Waals surface area contributed by atoms with Gasteiger partial charge in [-0.1, -0.05) is 20.8 Å². The Hall–Kier alpha value is -1.36. The van der Waals surface area contributed by atoms with Gasteiger partial charge in [-0.25, -0.2) is 0 Å².